The predicted molar refractivity (Wildman–Crippen MR) is 133 cm³/mol. The molecule has 6 nitrogen and oxygen atoms in total. The van der Waals surface area contributed by atoms with Crippen molar-refractivity contribution in [1.29, 1.82) is 0 Å². The lowest BCUT2D eigenvalue weighted by molar-refractivity contribution is -0.143. The van der Waals surface area contributed by atoms with Gasteiger partial charge in [-0.05, 0) is 66.2 Å². The van der Waals surface area contributed by atoms with Gasteiger partial charge in [0.25, 0.3) is 5.24 Å². The van der Waals surface area contributed by atoms with Crippen LogP contribution in [-0.2, 0) is 18.9 Å². The smallest absolute Gasteiger partial charge is 0.330 e. The summed E-state index contributed by atoms with van der Waals surface area (Å²) < 4.78 is 80.5. The minimum Gasteiger partial charge on any atom is -0.330 e. The molecular weight excluding hydrogens is 544 g/mol. The van der Waals surface area contributed by atoms with Crippen molar-refractivity contribution in [2.45, 2.75) is 25.3 Å². The number of nitrogens with one attached hydrogen (secondary N) is 1. The minimum atomic E-state index is -4.96. The van der Waals surface area contributed by atoms with Crippen LogP contribution in [0.5, 0.6) is 0 Å². The van der Waals surface area contributed by atoms with Gasteiger partial charge < -0.3 is 11.1 Å². The molecule has 1 fully saturated rings. The number of nitrogens with two attached hydrogens (primary N) is 1. The fourth-order valence-electron chi connectivity index (χ4n) is 3.58. The first kappa shape index (κ1) is 28.5. The number of amidine groups is 1. The van der Waals surface area contributed by atoms with Crippen LogP contribution in [0, 0.1) is 0 Å². The summed E-state index contributed by atoms with van der Waals surface area (Å²) in [6.45, 7) is 0.554. The first-order valence-electron chi connectivity index (χ1n) is 10.6. The third kappa shape index (κ3) is 6.84. The fourth-order valence-corrected chi connectivity index (χ4v) is 4.33. The van der Waals surface area contributed by atoms with Gasteiger partial charge in [0.15, 0.2) is 0 Å². The summed E-state index contributed by atoms with van der Waals surface area (Å²) in [5.74, 6) is 0.441. The maximum absolute atomic E-state index is 13.5. The Bertz CT molecular complexity index is 1370. The van der Waals surface area contributed by atoms with Gasteiger partial charge in [-0.15, -0.1) is 12.4 Å². The summed E-state index contributed by atoms with van der Waals surface area (Å²) >= 11 is 0.987. The first-order valence-corrected chi connectivity index (χ1v) is 11.5. The minimum absolute atomic E-state index is 0. The summed E-state index contributed by atoms with van der Waals surface area (Å²) in [5, 5.41) is 7.26. The molecule has 0 saturated carbocycles. The number of rotatable bonds is 6. The van der Waals surface area contributed by atoms with E-state index in [4.69, 9.17) is 5.73 Å². The molecule has 2 heterocycles. The molecule has 1 amide bonds. The highest BCUT2D eigenvalue weighted by Gasteiger charge is 2.38. The Kier molecular flexibility index (Phi) is 8.60. The Morgan fingerprint density at radius 3 is 2.51 bits per heavy atom. The lowest BCUT2D eigenvalue weighted by atomic mass is 10.0. The summed E-state index contributed by atoms with van der Waals surface area (Å²) in [6, 6.07) is 6.69. The van der Waals surface area contributed by atoms with Crippen molar-refractivity contribution < 1.29 is 31.1 Å². The van der Waals surface area contributed by atoms with Gasteiger partial charge >= 0.3 is 12.4 Å². The second kappa shape index (κ2) is 11.2. The second-order valence-electron chi connectivity index (χ2n) is 7.91. The number of nitrogens with zero attached hydrogens (tertiary/aromatic N) is 3. The maximum atomic E-state index is 13.5. The molecule has 1 aliphatic rings. The molecule has 198 valence electrons. The Labute approximate surface area is 217 Å². The Hall–Kier alpha value is -3.03. The lowest BCUT2D eigenvalue weighted by Gasteiger charge is -2.16. The van der Waals surface area contributed by atoms with E-state index in [1.165, 1.54) is 10.9 Å². The number of halogens is 7. The average Bonchev–Trinajstić information content (AvgIpc) is 3.34. The topological polar surface area (TPSA) is 85.3 Å². The molecule has 2 aromatic carbocycles. The number of carbonyl (C=O) groups excluding carboxylic acids is 1. The lowest BCUT2D eigenvalue weighted by Crippen LogP contribution is -2.19. The molecule has 0 aliphatic carbocycles. The molecule has 37 heavy (non-hydrogen) atoms. The van der Waals surface area contributed by atoms with Gasteiger partial charge in [-0.1, -0.05) is 12.1 Å². The van der Waals surface area contributed by atoms with Crippen LogP contribution in [0.1, 0.15) is 28.7 Å². The van der Waals surface area contributed by atoms with E-state index in [1.807, 2.05) is 0 Å². The molecule has 0 unspecified atom stereocenters. The van der Waals surface area contributed by atoms with Crippen molar-refractivity contribution in [3.8, 4) is 0 Å². The average molecular weight is 564 g/mol. The molecule has 1 saturated heterocycles. The van der Waals surface area contributed by atoms with Crippen molar-refractivity contribution in [3.63, 3.8) is 0 Å². The zero-order chi connectivity index (χ0) is 26.1. The quantitative estimate of drug-likeness (QED) is 0.281. The zero-order valence-corrected chi connectivity index (χ0v) is 20.5. The predicted octanol–water partition coefficient (Wildman–Crippen LogP) is 6.09. The van der Waals surface area contributed by atoms with Crippen LogP contribution in [0.15, 0.2) is 52.5 Å². The highest BCUT2D eigenvalue weighted by Crippen LogP contribution is 2.37. The number of thioether (sulfide) groups is 1. The van der Waals surface area contributed by atoms with Gasteiger partial charge in [-0.25, -0.2) is 0 Å². The van der Waals surface area contributed by atoms with Crippen LogP contribution < -0.4 is 11.1 Å². The molecule has 3 aromatic rings. The van der Waals surface area contributed by atoms with E-state index in [9.17, 15) is 31.1 Å². The monoisotopic (exact) mass is 563 g/mol. The summed E-state index contributed by atoms with van der Waals surface area (Å²) in [4.78, 5) is 16.8. The highest BCUT2D eigenvalue weighted by atomic mass is 35.5. The molecule has 0 radical (unpaired) electrons. The van der Waals surface area contributed by atoms with Crippen molar-refractivity contribution >= 4 is 52.2 Å². The Morgan fingerprint density at radius 2 is 1.84 bits per heavy atom. The Morgan fingerprint density at radius 1 is 1.08 bits per heavy atom. The maximum Gasteiger partial charge on any atom is 0.416 e. The van der Waals surface area contributed by atoms with Crippen molar-refractivity contribution in [2.75, 3.05) is 13.1 Å². The van der Waals surface area contributed by atoms with Crippen molar-refractivity contribution in [3.05, 3.63) is 69.8 Å². The number of amides is 1. The number of fused-ring (bicyclic) bond motifs is 1. The normalized spacial score (nSPS) is 16.5. The van der Waals surface area contributed by atoms with Gasteiger partial charge in [-0.3, -0.25) is 14.5 Å². The van der Waals surface area contributed by atoms with E-state index >= 15 is 0 Å². The van der Waals surface area contributed by atoms with Crippen LogP contribution in [0.4, 0.5) is 31.1 Å². The van der Waals surface area contributed by atoms with Crippen LogP contribution >= 0.6 is 24.2 Å². The van der Waals surface area contributed by atoms with Gasteiger partial charge in [0.1, 0.15) is 5.84 Å². The Balaban J connectivity index is 0.00000380. The van der Waals surface area contributed by atoms with E-state index in [0.717, 1.165) is 17.8 Å². The molecule has 4 rings (SSSR count). The third-order valence-electron chi connectivity index (χ3n) is 5.24. The van der Waals surface area contributed by atoms with Gasteiger partial charge in [0.05, 0.1) is 28.1 Å². The van der Waals surface area contributed by atoms with Crippen molar-refractivity contribution in [1.82, 2.24) is 15.1 Å². The summed E-state index contributed by atoms with van der Waals surface area (Å²) in [7, 11) is 0. The zero-order valence-electron chi connectivity index (χ0n) is 18.9. The van der Waals surface area contributed by atoms with E-state index in [2.05, 4.69) is 15.4 Å². The summed E-state index contributed by atoms with van der Waals surface area (Å²) in [6.07, 6.45) is -5.93. The number of benzene rings is 2. The second-order valence-corrected chi connectivity index (χ2v) is 8.92. The standard InChI is InChI=1S/C23H19F6N5OS.ClH/c24-22(25,26)16-4-3-14(17(10-16)23(27,28)29)11-34-12-15-8-13(2-5-18(15)33-34)9-19-20(31-7-1-6-30)32-21(35)36-19;/h2-5,8-10,12H,1,6-7,11,30H2,(H,31,32,35);1H/b19-9-;. The number of aliphatic imine (C=N–C) groups is 1. The van der Waals surface area contributed by atoms with Crippen LogP contribution in [0.25, 0.3) is 17.0 Å². The number of aromatic nitrogens is 2. The van der Waals surface area contributed by atoms with Crippen LogP contribution in [0.3, 0.4) is 0 Å². The fraction of sp³-hybridized carbons (Fsp3) is 0.261. The van der Waals surface area contributed by atoms with Crippen molar-refractivity contribution in [2.24, 2.45) is 10.7 Å². The third-order valence-corrected chi connectivity index (χ3v) is 6.06. The SMILES string of the molecule is Cl.NCCCN=C1NC(=O)S/C1=C\c1ccc2nn(Cc3ccc(C(F)(F)F)cc3C(F)(F)F)cc2c1. The highest BCUT2D eigenvalue weighted by molar-refractivity contribution is 8.18. The largest absolute Gasteiger partial charge is 0.416 e. The number of hydrogen-bond acceptors (Lipinski definition) is 5. The van der Waals surface area contributed by atoms with E-state index in [-0.39, 0.29) is 35.8 Å². The molecule has 1 aromatic heterocycles. The molecule has 0 bridgehead atoms. The van der Waals surface area contributed by atoms with Crippen LogP contribution in [0.2, 0.25) is 0 Å². The van der Waals surface area contributed by atoms with Gasteiger partial charge in [0, 0.05) is 18.1 Å². The van der Waals surface area contributed by atoms with E-state index in [0.29, 0.717) is 52.8 Å². The summed E-state index contributed by atoms with van der Waals surface area (Å²) in [5.41, 5.74) is 3.60. The van der Waals surface area contributed by atoms with E-state index in [1.54, 1.807) is 24.3 Å². The number of alkyl halides is 6. The van der Waals surface area contributed by atoms with Crippen LogP contribution in [-0.4, -0.2) is 33.9 Å². The molecule has 0 atom stereocenters. The van der Waals surface area contributed by atoms with Gasteiger partial charge in [-0.2, -0.15) is 31.4 Å². The molecule has 1 aliphatic heterocycles. The first-order chi connectivity index (χ1) is 16.9. The number of carbonyl (C=O) groups is 1. The molecule has 14 heteroatoms. The number of hydrogen-bond donors (Lipinski definition) is 2. The molecule has 3 N–H and O–H groups in total. The molecular formula is C23H20ClF6N5OS. The van der Waals surface area contributed by atoms with E-state index < -0.39 is 23.5 Å². The molecule has 0 spiro atoms. The van der Waals surface area contributed by atoms with Gasteiger partial charge in [0.2, 0.25) is 0 Å².